The summed E-state index contributed by atoms with van der Waals surface area (Å²) in [5.74, 6) is 0. The molecule has 4 nitrogen and oxygen atoms in total. The lowest BCUT2D eigenvalue weighted by atomic mass is 10.2. The molecule has 0 aliphatic carbocycles. The highest BCUT2D eigenvalue weighted by atomic mass is 32.2. The standard InChI is InChI=1S/C11H13NO3S/c13-9-10-2-1-3-11(8-10)16(14)12-4-6-15-7-5-12/h1-3,8-9H,4-7H2. The van der Waals surface area contributed by atoms with Gasteiger partial charge in [-0.05, 0) is 12.1 Å². The quantitative estimate of drug-likeness (QED) is 0.735. The van der Waals surface area contributed by atoms with Crippen LogP contribution in [-0.4, -0.2) is 41.1 Å². The first kappa shape index (κ1) is 11.4. The number of rotatable bonds is 3. The Morgan fingerprint density at radius 1 is 1.31 bits per heavy atom. The topological polar surface area (TPSA) is 46.6 Å². The van der Waals surface area contributed by atoms with Crippen LogP contribution in [-0.2, 0) is 15.7 Å². The average molecular weight is 239 g/mol. The van der Waals surface area contributed by atoms with Gasteiger partial charge >= 0.3 is 0 Å². The zero-order chi connectivity index (χ0) is 11.4. The highest BCUT2D eigenvalue weighted by Gasteiger charge is 2.18. The summed E-state index contributed by atoms with van der Waals surface area (Å²) in [6, 6.07) is 6.89. The summed E-state index contributed by atoms with van der Waals surface area (Å²) >= 11 is 0. The number of morpholine rings is 1. The number of benzene rings is 1. The third-order valence-electron chi connectivity index (χ3n) is 2.40. The number of hydrogen-bond donors (Lipinski definition) is 0. The normalized spacial score (nSPS) is 19.2. The van der Waals surface area contributed by atoms with Gasteiger partial charge in [-0.2, -0.15) is 0 Å². The number of ether oxygens (including phenoxy) is 1. The van der Waals surface area contributed by atoms with Crippen LogP contribution in [0, 0.1) is 0 Å². The van der Waals surface area contributed by atoms with Crippen molar-refractivity contribution in [3.63, 3.8) is 0 Å². The van der Waals surface area contributed by atoms with Crippen LogP contribution >= 0.6 is 0 Å². The lowest BCUT2D eigenvalue weighted by Gasteiger charge is -2.25. The minimum atomic E-state index is -1.19. The molecule has 1 aliphatic rings. The Morgan fingerprint density at radius 3 is 2.75 bits per heavy atom. The molecule has 0 N–H and O–H groups in total. The SMILES string of the molecule is O=Cc1cccc(S(=O)N2CCOCC2)c1. The van der Waals surface area contributed by atoms with E-state index in [9.17, 15) is 9.00 Å². The molecule has 0 spiro atoms. The van der Waals surface area contributed by atoms with Crippen LogP contribution in [0.2, 0.25) is 0 Å². The molecule has 1 aliphatic heterocycles. The van der Waals surface area contributed by atoms with E-state index < -0.39 is 11.0 Å². The smallest absolute Gasteiger partial charge is 0.150 e. The van der Waals surface area contributed by atoms with Crippen molar-refractivity contribution >= 4 is 17.3 Å². The highest BCUT2D eigenvalue weighted by molar-refractivity contribution is 7.82. The number of nitrogens with zero attached hydrogens (tertiary/aromatic N) is 1. The Hall–Kier alpha value is -1.04. The minimum absolute atomic E-state index is 0.555. The molecule has 1 atom stereocenters. The third kappa shape index (κ3) is 2.55. The van der Waals surface area contributed by atoms with E-state index in [1.807, 2.05) is 4.31 Å². The second-order valence-electron chi connectivity index (χ2n) is 3.48. The van der Waals surface area contributed by atoms with Crippen molar-refractivity contribution in [2.45, 2.75) is 4.90 Å². The summed E-state index contributed by atoms with van der Waals surface area (Å²) in [6.07, 6.45) is 0.764. The highest BCUT2D eigenvalue weighted by Crippen LogP contribution is 2.13. The van der Waals surface area contributed by atoms with Crippen LogP contribution in [0.1, 0.15) is 10.4 Å². The second-order valence-corrected chi connectivity index (χ2v) is 4.97. The van der Waals surface area contributed by atoms with E-state index in [1.54, 1.807) is 24.3 Å². The fraction of sp³-hybridized carbons (Fsp3) is 0.364. The zero-order valence-electron chi connectivity index (χ0n) is 8.80. The van der Waals surface area contributed by atoms with Gasteiger partial charge in [-0.25, -0.2) is 8.51 Å². The fourth-order valence-electron chi connectivity index (χ4n) is 1.56. The number of carbonyl (C=O) groups excluding carboxylic acids is 1. The Morgan fingerprint density at radius 2 is 2.06 bits per heavy atom. The molecule has 1 saturated heterocycles. The average Bonchev–Trinajstić information content (AvgIpc) is 2.39. The maximum atomic E-state index is 12.1. The summed E-state index contributed by atoms with van der Waals surface area (Å²) in [4.78, 5) is 11.3. The van der Waals surface area contributed by atoms with Crippen LogP contribution in [0.25, 0.3) is 0 Å². The molecule has 0 saturated carbocycles. The Bertz CT molecular complexity index is 402. The predicted molar refractivity (Wildman–Crippen MR) is 60.6 cm³/mol. The van der Waals surface area contributed by atoms with Crippen molar-refractivity contribution < 1.29 is 13.7 Å². The Balaban J connectivity index is 2.15. The zero-order valence-corrected chi connectivity index (χ0v) is 9.61. The van der Waals surface area contributed by atoms with E-state index in [2.05, 4.69) is 0 Å². The maximum absolute atomic E-state index is 12.1. The molecule has 0 aromatic heterocycles. The summed E-state index contributed by atoms with van der Waals surface area (Å²) in [6.45, 7) is 2.55. The van der Waals surface area contributed by atoms with Gasteiger partial charge in [0.05, 0.1) is 18.1 Å². The van der Waals surface area contributed by atoms with E-state index in [0.717, 1.165) is 6.29 Å². The van der Waals surface area contributed by atoms with Crippen molar-refractivity contribution in [1.29, 1.82) is 0 Å². The predicted octanol–water partition coefficient (Wildman–Crippen LogP) is 0.854. The molecular weight excluding hydrogens is 226 g/mol. The Kier molecular flexibility index (Phi) is 3.82. The molecule has 1 aromatic carbocycles. The molecule has 0 amide bonds. The van der Waals surface area contributed by atoms with Gasteiger partial charge in [-0.3, -0.25) is 4.79 Å². The van der Waals surface area contributed by atoms with Crippen molar-refractivity contribution in [2.24, 2.45) is 0 Å². The molecule has 0 radical (unpaired) electrons. The van der Waals surface area contributed by atoms with Gasteiger partial charge in [0.25, 0.3) is 0 Å². The maximum Gasteiger partial charge on any atom is 0.150 e. The molecule has 86 valence electrons. The second kappa shape index (κ2) is 5.34. The van der Waals surface area contributed by atoms with Crippen molar-refractivity contribution in [3.05, 3.63) is 29.8 Å². The van der Waals surface area contributed by atoms with Crippen LogP contribution in [0.15, 0.2) is 29.2 Å². The van der Waals surface area contributed by atoms with E-state index >= 15 is 0 Å². The van der Waals surface area contributed by atoms with Gasteiger partial charge in [0, 0.05) is 18.7 Å². The molecular formula is C11H13NO3S. The van der Waals surface area contributed by atoms with Crippen LogP contribution in [0.4, 0.5) is 0 Å². The Labute approximate surface area is 96.8 Å². The summed E-state index contributed by atoms with van der Waals surface area (Å²) in [5, 5.41) is 0. The lowest BCUT2D eigenvalue weighted by molar-refractivity contribution is 0.0752. The van der Waals surface area contributed by atoms with Crippen molar-refractivity contribution in [1.82, 2.24) is 4.31 Å². The number of hydrogen-bond acceptors (Lipinski definition) is 3. The first-order valence-corrected chi connectivity index (χ1v) is 6.22. The van der Waals surface area contributed by atoms with Gasteiger partial charge in [0.2, 0.25) is 0 Å². The van der Waals surface area contributed by atoms with E-state index in [-0.39, 0.29) is 0 Å². The van der Waals surface area contributed by atoms with Crippen LogP contribution in [0.5, 0.6) is 0 Å². The third-order valence-corrected chi connectivity index (χ3v) is 3.89. The number of aldehydes is 1. The first-order valence-electron chi connectivity index (χ1n) is 5.11. The van der Waals surface area contributed by atoms with Gasteiger partial charge in [-0.1, -0.05) is 12.1 Å². The molecule has 1 heterocycles. The molecule has 2 rings (SSSR count). The van der Waals surface area contributed by atoms with E-state index in [0.29, 0.717) is 36.8 Å². The largest absolute Gasteiger partial charge is 0.379 e. The molecule has 0 bridgehead atoms. The van der Waals surface area contributed by atoms with Gasteiger partial charge < -0.3 is 4.74 Å². The molecule has 1 fully saturated rings. The molecule has 1 unspecified atom stereocenters. The number of carbonyl (C=O) groups is 1. The molecule has 5 heteroatoms. The van der Waals surface area contributed by atoms with E-state index in [1.165, 1.54) is 0 Å². The summed E-state index contributed by atoms with van der Waals surface area (Å²) < 4.78 is 19.2. The minimum Gasteiger partial charge on any atom is -0.379 e. The van der Waals surface area contributed by atoms with Gasteiger partial charge in [0.1, 0.15) is 17.3 Å². The lowest BCUT2D eigenvalue weighted by Crippen LogP contribution is -2.37. The van der Waals surface area contributed by atoms with Gasteiger partial charge in [-0.15, -0.1) is 0 Å². The van der Waals surface area contributed by atoms with Crippen molar-refractivity contribution in [2.75, 3.05) is 26.3 Å². The summed E-state index contributed by atoms with van der Waals surface area (Å²) in [7, 11) is -1.19. The van der Waals surface area contributed by atoms with Crippen LogP contribution in [0.3, 0.4) is 0 Å². The van der Waals surface area contributed by atoms with E-state index in [4.69, 9.17) is 4.74 Å². The first-order chi connectivity index (χ1) is 7.81. The monoisotopic (exact) mass is 239 g/mol. The molecule has 1 aromatic rings. The van der Waals surface area contributed by atoms with Crippen LogP contribution < -0.4 is 0 Å². The summed E-state index contributed by atoms with van der Waals surface area (Å²) in [5.41, 5.74) is 0.555. The van der Waals surface area contributed by atoms with Crippen molar-refractivity contribution in [3.8, 4) is 0 Å². The fourth-order valence-corrected chi connectivity index (χ4v) is 2.77. The van der Waals surface area contributed by atoms with Gasteiger partial charge in [0.15, 0.2) is 0 Å². The molecule has 16 heavy (non-hydrogen) atoms.